The quantitative estimate of drug-likeness (QED) is 0.701. The monoisotopic (exact) mass is 185 g/mol. The van der Waals surface area contributed by atoms with Gasteiger partial charge in [0, 0.05) is 24.6 Å². The van der Waals surface area contributed by atoms with E-state index in [2.05, 4.69) is 0 Å². The second kappa shape index (κ2) is 3.66. The number of carbonyl (C=O) groups is 1. The van der Waals surface area contributed by atoms with Gasteiger partial charge in [-0.25, -0.2) is 0 Å². The average Bonchev–Trinajstić information content (AvgIpc) is 2.31. The maximum Gasteiger partial charge on any atom is 0.223 e. The number of likely N-dealkylation sites (tertiary alicyclic amines) is 1. The normalized spacial score (nSPS) is 24.2. The van der Waals surface area contributed by atoms with Crippen LogP contribution in [0.4, 0.5) is 0 Å². The van der Waals surface area contributed by atoms with Crippen LogP contribution < -0.4 is 0 Å². The fourth-order valence-electron chi connectivity index (χ4n) is 2.09. The van der Waals surface area contributed by atoms with Gasteiger partial charge in [0.25, 0.3) is 0 Å². The van der Waals surface area contributed by atoms with E-state index in [1.54, 1.807) is 0 Å². The van der Waals surface area contributed by atoms with E-state index in [-0.39, 0.29) is 24.1 Å². The van der Waals surface area contributed by atoms with E-state index < -0.39 is 0 Å². The van der Waals surface area contributed by atoms with E-state index in [0.717, 1.165) is 6.42 Å². The van der Waals surface area contributed by atoms with Crippen molar-refractivity contribution in [3.63, 3.8) is 0 Å². The second-order valence-electron chi connectivity index (χ2n) is 4.64. The third-order valence-electron chi connectivity index (χ3n) is 2.51. The van der Waals surface area contributed by atoms with Crippen molar-refractivity contribution in [2.45, 2.75) is 51.6 Å². The molecular formula is C10H19NO2. The van der Waals surface area contributed by atoms with Gasteiger partial charge < -0.3 is 10.0 Å². The fraction of sp³-hybridized carbons (Fsp3) is 0.900. The van der Waals surface area contributed by atoms with Gasteiger partial charge in [-0.3, -0.25) is 4.79 Å². The zero-order valence-electron chi connectivity index (χ0n) is 8.71. The molecule has 0 aromatic heterocycles. The molecule has 0 aliphatic carbocycles. The van der Waals surface area contributed by atoms with Crippen molar-refractivity contribution < 1.29 is 9.90 Å². The molecule has 0 aromatic rings. The van der Waals surface area contributed by atoms with Crippen molar-refractivity contribution in [2.24, 2.45) is 0 Å². The van der Waals surface area contributed by atoms with Gasteiger partial charge in [-0.05, 0) is 33.6 Å². The average molecular weight is 185 g/mol. The maximum absolute atomic E-state index is 11.6. The number of hydrogen-bond acceptors (Lipinski definition) is 2. The number of aliphatic hydroxyl groups is 1. The molecule has 0 bridgehead atoms. The summed E-state index contributed by atoms with van der Waals surface area (Å²) in [6.45, 7) is 6.30. The molecule has 1 aliphatic heterocycles. The molecule has 1 saturated heterocycles. The van der Waals surface area contributed by atoms with E-state index in [0.29, 0.717) is 12.8 Å². The Bertz CT molecular complexity index is 196. The Hall–Kier alpha value is -0.570. The first kappa shape index (κ1) is 10.5. The Kier molecular flexibility index (Phi) is 2.96. The Morgan fingerprint density at radius 2 is 2.15 bits per heavy atom. The summed E-state index contributed by atoms with van der Waals surface area (Å²) >= 11 is 0. The third-order valence-corrected chi connectivity index (χ3v) is 2.51. The molecule has 1 heterocycles. The van der Waals surface area contributed by atoms with Crippen molar-refractivity contribution in [1.82, 2.24) is 4.90 Å². The number of aliphatic hydroxyl groups excluding tert-OH is 1. The molecule has 3 heteroatoms. The van der Waals surface area contributed by atoms with Crippen LogP contribution in [0.25, 0.3) is 0 Å². The van der Waals surface area contributed by atoms with E-state index in [1.807, 2.05) is 25.7 Å². The summed E-state index contributed by atoms with van der Waals surface area (Å²) in [5.41, 5.74) is -0.104. The smallest absolute Gasteiger partial charge is 0.223 e. The predicted molar refractivity (Wildman–Crippen MR) is 51.3 cm³/mol. The highest BCUT2D eigenvalue weighted by atomic mass is 16.3. The lowest BCUT2D eigenvalue weighted by Crippen LogP contribution is -2.47. The molecule has 1 atom stereocenters. The molecular weight excluding hydrogens is 166 g/mol. The Balaban J connectivity index is 2.71. The van der Waals surface area contributed by atoms with Crippen LogP contribution >= 0.6 is 0 Å². The van der Waals surface area contributed by atoms with Gasteiger partial charge >= 0.3 is 0 Å². The van der Waals surface area contributed by atoms with Crippen LogP contribution in [-0.2, 0) is 4.79 Å². The molecule has 1 unspecified atom stereocenters. The Morgan fingerprint density at radius 3 is 2.62 bits per heavy atom. The zero-order chi connectivity index (χ0) is 10.1. The number of hydrogen-bond donors (Lipinski definition) is 1. The minimum absolute atomic E-state index is 0.104. The van der Waals surface area contributed by atoms with Crippen molar-refractivity contribution in [3.8, 4) is 0 Å². The van der Waals surface area contributed by atoms with E-state index in [4.69, 9.17) is 5.11 Å². The second-order valence-corrected chi connectivity index (χ2v) is 4.64. The van der Waals surface area contributed by atoms with Crippen LogP contribution in [0.15, 0.2) is 0 Å². The standard InChI is InChI=1S/C10H19NO2/c1-10(2,3)11-8(6-7-12)4-5-9(11)13/h8,12H,4-7H2,1-3H3. The lowest BCUT2D eigenvalue weighted by atomic mass is 10.0. The summed E-state index contributed by atoms with van der Waals surface area (Å²) in [5.74, 6) is 0.228. The number of carbonyl (C=O) groups excluding carboxylic acids is 1. The fourth-order valence-corrected chi connectivity index (χ4v) is 2.09. The summed E-state index contributed by atoms with van der Waals surface area (Å²) in [4.78, 5) is 13.5. The SMILES string of the molecule is CC(C)(C)N1C(=O)CCC1CCO. The van der Waals surface area contributed by atoms with Gasteiger partial charge in [0.1, 0.15) is 0 Å². The summed E-state index contributed by atoms with van der Waals surface area (Å²) in [5, 5.41) is 8.86. The highest BCUT2D eigenvalue weighted by Crippen LogP contribution is 2.28. The first-order chi connectivity index (χ1) is 5.96. The third kappa shape index (κ3) is 2.21. The molecule has 0 spiro atoms. The number of rotatable bonds is 2. The Morgan fingerprint density at radius 1 is 1.54 bits per heavy atom. The minimum atomic E-state index is -0.104. The molecule has 76 valence electrons. The summed E-state index contributed by atoms with van der Waals surface area (Å²) < 4.78 is 0. The molecule has 0 radical (unpaired) electrons. The Labute approximate surface area is 79.7 Å². The van der Waals surface area contributed by atoms with E-state index >= 15 is 0 Å². The molecule has 1 N–H and O–H groups in total. The highest BCUT2D eigenvalue weighted by molar-refractivity contribution is 5.79. The summed E-state index contributed by atoms with van der Waals surface area (Å²) in [7, 11) is 0. The lowest BCUT2D eigenvalue weighted by molar-refractivity contribution is -0.133. The van der Waals surface area contributed by atoms with Crippen molar-refractivity contribution in [3.05, 3.63) is 0 Å². The molecule has 0 aromatic carbocycles. The van der Waals surface area contributed by atoms with Crippen LogP contribution in [0.1, 0.15) is 40.0 Å². The molecule has 1 fully saturated rings. The van der Waals surface area contributed by atoms with Crippen molar-refractivity contribution in [1.29, 1.82) is 0 Å². The number of nitrogens with zero attached hydrogens (tertiary/aromatic N) is 1. The molecule has 3 nitrogen and oxygen atoms in total. The largest absolute Gasteiger partial charge is 0.396 e. The van der Waals surface area contributed by atoms with Gasteiger partial charge in [0.05, 0.1) is 0 Å². The van der Waals surface area contributed by atoms with Gasteiger partial charge in [0.2, 0.25) is 5.91 Å². The van der Waals surface area contributed by atoms with Crippen LogP contribution in [0.2, 0.25) is 0 Å². The molecule has 13 heavy (non-hydrogen) atoms. The summed E-state index contributed by atoms with van der Waals surface area (Å²) in [6.07, 6.45) is 2.25. The van der Waals surface area contributed by atoms with Crippen molar-refractivity contribution in [2.75, 3.05) is 6.61 Å². The highest BCUT2D eigenvalue weighted by Gasteiger charge is 2.37. The molecule has 1 rings (SSSR count). The molecule has 0 saturated carbocycles. The minimum Gasteiger partial charge on any atom is -0.396 e. The van der Waals surface area contributed by atoms with Crippen molar-refractivity contribution >= 4 is 5.91 Å². The lowest BCUT2D eigenvalue weighted by Gasteiger charge is -2.37. The first-order valence-electron chi connectivity index (χ1n) is 4.90. The van der Waals surface area contributed by atoms with Crippen LogP contribution in [0, 0.1) is 0 Å². The molecule has 1 amide bonds. The van der Waals surface area contributed by atoms with Gasteiger partial charge in [-0.15, -0.1) is 0 Å². The van der Waals surface area contributed by atoms with E-state index in [1.165, 1.54) is 0 Å². The van der Waals surface area contributed by atoms with Crippen LogP contribution in [0.3, 0.4) is 0 Å². The maximum atomic E-state index is 11.6. The predicted octanol–water partition coefficient (Wildman–Crippen LogP) is 1.16. The van der Waals surface area contributed by atoms with Gasteiger partial charge in [-0.2, -0.15) is 0 Å². The summed E-state index contributed by atoms with van der Waals surface area (Å²) in [6, 6.07) is 0.248. The van der Waals surface area contributed by atoms with Crippen LogP contribution in [-0.4, -0.2) is 34.1 Å². The topological polar surface area (TPSA) is 40.5 Å². The van der Waals surface area contributed by atoms with E-state index in [9.17, 15) is 4.79 Å². The zero-order valence-corrected chi connectivity index (χ0v) is 8.71. The number of amides is 1. The molecule has 1 aliphatic rings. The van der Waals surface area contributed by atoms with Crippen LogP contribution in [0.5, 0.6) is 0 Å². The van der Waals surface area contributed by atoms with Gasteiger partial charge in [0.15, 0.2) is 0 Å². The first-order valence-corrected chi connectivity index (χ1v) is 4.90. The van der Waals surface area contributed by atoms with Gasteiger partial charge in [-0.1, -0.05) is 0 Å².